The minimum absolute atomic E-state index is 0.0232. The Morgan fingerprint density at radius 3 is 2.46 bits per heavy atom. The molecule has 1 amide bonds. The van der Waals surface area contributed by atoms with E-state index in [2.05, 4.69) is 20.8 Å². The molecule has 0 radical (unpaired) electrons. The number of hydrogen-bond acceptors (Lipinski definition) is 3. The molecule has 0 aromatic rings. The Balaban J connectivity index is 1.74. The first-order chi connectivity index (χ1) is 12.1. The predicted octanol–water partition coefficient (Wildman–Crippen LogP) is 4.17. The number of methoxy groups -OCH3 is 1. The van der Waals surface area contributed by atoms with Gasteiger partial charge in [-0.2, -0.15) is 0 Å². The van der Waals surface area contributed by atoms with Crippen molar-refractivity contribution < 1.29 is 14.3 Å². The highest BCUT2D eigenvalue weighted by Gasteiger charge is 2.66. The number of esters is 1. The summed E-state index contributed by atoms with van der Waals surface area (Å²) < 4.78 is 5.25. The van der Waals surface area contributed by atoms with Crippen LogP contribution in [-0.4, -0.2) is 36.5 Å². The Bertz CT molecular complexity index is 647. The molecule has 146 valence electrons. The fourth-order valence-corrected chi connectivity index (χ4v) is 8.19. The van der Waals surface area contributed by atoms with Crippen LogP contribution < -0.4 is 0 Å². The fourth-order valence-electron chi connectivity index (χ4n) is 8.19. The molecule has 0 aromatic carbocycles. The summed E-state index contributed by atoms with van der Waals surface area (Å²) in [5.41, 5.74) is -0.0396. The van der Waals surface area contributed by atoms with Crippen molar-refractivity contribution >= 4 is 11.9 Å². The number of nitrogens with zero attached hydrogens (tertiary/aromatic N) is 1. The lowest BCUT2D eigenvalue weighted by molar-refractivity contribution is -0.207. The largest absolute Gasteiger partial charge is 0.469 e. The smallest absolute Gasteiger partial charge is 0.311 e. The number of piperidine rings is 1. The van der Waals surface area contributed by atoms with Gasteiger partial charge in [0.2, 0.25) is 5.91 Å². The molecule has 4 rings (SSSR count). The van der Waals surface area contributed by atoms with E-state index < -0.39 is 0 Å². The van der Waals surface area contributed by atoms with Crippen molar-refractivity contribution in [2.75, 3.05) is 14.2 Å². The minimum atomic E-state index is -0.362. The lowest BCUT2D eigenvalue weighted by atomic mass is 9.38. The van der Waals surface area contributed by atoms with Crippen LogP contribution in [0.15, 0.2) is 0 Å². The van der Waals surface area contributed by atoms with Gasteiger partial charge in [0, 0.05) is 19.0 Å². The van der Waals surface area contributed by atoms with Gasteiger partial charge >= 0.3 is 5.97 Å². The number of fused-ring (bicyclic) bond motifs is 3. The molecule has 0 aromatic heterocycles. The van der Waals surface area contributed by atoms with Crippen molar-refractivity contribution in [2.45, 2.75) is 84.1 Å². The van der Waals surface area contributed by atoms with Crippen LogP contribution >= 0.6 is 0 Å². The highest BCUT2D eigenvalue weighted by Crippen LogP contribution is 2.70. The first-order valence-electron chi connectivity index (χ1n) is 10.5. The van der Waals surface area contributed by atoms with Crippen LogP contribution in [0.25, 0.3) is 0 Å². The van der Waals surface area contributed by atoms with Crippen molar-refractivity contribution in [2.24, 2.45) is 28.1 Å². The van der Waals surface area contributed by atoms with Gasteiger partial charge in [0.15, 0.2) is 0 Å². The van der Waals surface area contributed by atoms with Crippen LogP contribution in [0.2, 0.25) is 0 Å². The molecule has 4 heteroatoms. The van der Waals surface area contributed by atoms with Gasteiger partial charge in [-0.05, 0) is 81.5 Å². The highest BCUT2D eigenvalue weighted by atomic mass is 16.5. The maximum Gasteiger partial charge on any atom is 0.311 e. The fraction of sp³-hybridized carbons (Fsp3) is 0.909. The predicted molar refractivity (Wildman–Crippen MR) is 100 cm³/mol. The normalized spacial score (nSPS) is 50.7. The lowest BCUT2D eigenvalue weighted by Crippen LogP contribution is -2.67. The Labute approximate surface area is 158 Å². The van der Waals surface area contributed by atoms with Gasteiger partial charge in [0.1, 0.15) is 0 Å². The van der Waals surface area contributed by atoms with E-state index in [0.29, 0.717) is 24.2 Å². The first kappa shape index (κ1) is 18.3. The van der Waals surface area contributed by atoms with Crippen LogP contribution in [-0.2, 0) is 14.3 Å². The van der Waals surface area contributed by atoms with Gasteiger partial charge < -0.3 is 9.64 Å². The molecule has 2 unspecified atom stereocenters. The number of carbonyl (C=O) groups excluding carboxylic acids is 2. The highest BCUT2D eigenvalue weighted by molar-refractivity contribution is 5.79. The van der Waals surface area contributed by atoms with E-state index in [1.807, 2.05) is 11.9 Å². The second-order valence-corrected chi connectivity index (χ2v) is 10.6. The monoisotopic (exact) mass is 361 g/mol. The topological polar surface area (TPSA) is 46.6 Å². The standard InChI is InChI=1S/C22H35NO3/c1-19-11-7-16-20(2)9-6-10-21(3,18(25)26-5)15(20)8-12-22(16,14-19)13-17(24)23(19)4/h15-16H,6-14H2,1-5H3/t15?,16?,19-,20+,21+,22-/m0/s1. The van der Waals surface area contributed by atoms with Gasteiger partial charge in [-0.25, -0.2) is 0 Å². The zero-order chi connectivity index (χ0) is 19.0. The summed E-state index contributed by atoms with van der Waals surface area (Å²) in [5.74, 6) is 1.25. The second-order valence-electron chi connectivity index (χ2n) is 10.6. The summed E-state index contributed by atoms with van der Waals surface area (Å²) in [6.45, 7) is 6.87. The Hall–Kier alpha value is -1.06. The van der Waals surface area contributed by atoms with Gasteiger partial charge in [-0.3, -0.25) is 9.59 Å². The number of amides is 1. The molecular formula is C22H35NO3. The Kier molecular flexibility index (Phi) is 3.86. The molecule has 2 bridgehead atoms. The molecule has 4 fully saturated rings. The van der Waals surface area contributed by atoms with Gasteiger partial charge in [0.25, 0.3) is 0 Å². The molecule has 0 N–H and O–H groups in total. The quantitative estimate of drug-likeness (QED) is 0.659. The molecule has 4 nitrogen and oxygen atoms in total. The lowest BCUT2D eigenvalue weighted by Gasteiger charge is -2.68. The van der Waals surface area contributed by atoms with E-state index in [4.69, 9.17) is 4.74 Å². The Morgan fingerprint density at radius 1 is 1.08 bits per heavy atom. The molecule has 1 saturated heterocycles. The summed E-state index contributed by atoms with van der Waals surface area (Å²) in [7, 11) is 3.53. The van der Waals surface area contributed by atoms with Crippen LogP contribution in [0.4, 0.5) is 0 Å². The molecule has 26 heavy (non-hydrogen) atoms. The van der Waals surface area contributed by atoms with E-state index in [9.17, 15) is 9.59 Å². The zero-order valence-corrected chi connectivity index (χ0v) is 17.2. The number of hydrogen-bond donors (Lipinski definition) is 0. The number of ether oxygens (including phenoxy) is 1. The third-order valence-corrected chi connectivity index (χ3v) is 9.49. The summed E-state index contributed by atoms with van der Waals surface area (Å²) >= 11 is 0. The second kappa shape index (κ2) is 5.48. The van der Waals surface area contributed by atoms with E-state index in [0.717, 1.165) is 38.5 Å². The zero-order valence-electron chi connectivity index (χ0n) is 17.2. The van der Waals surface area contributed by atoms with Gasteiger partial charge in [0.05, 0.1) is 12.5 Å². The maximum absolute atomic E-state index is 12.9. The summed E-state index contributed by atoms with van der Waals surface area (Å²) in [4.78, 5) is 27.6. The van der Waals surface area contributed by atoms with Crippen molar-refractivity contribution in [3.63, 3.8) is 0 Å². The van der Waals surface area contributed by atoms with Crippen molar-refractivity contribution in [1.29, 1.82) is 0 Å². The summed E-state index contributed by atoms with van der Waals surface area (Å²) in [5, 5.41) is 0. The SMILES string of the molecule is COC(=O)[C@]1(C)CCC[C@@]2(C)C3CC[C@@]4(C)C[C@]3(CCC21)CC(=O)N4C. The minimum Gasteiger partial charge on any atom is -0.469 e. The van der Waals surface area contributed by atoms with Crippen LogP contribution in [0, 0.1) is 28.1 Å². The van der Waals surface area contributed by atoms with E-state index in [1.165, 1.54) is 20.0 Å². The van der Waals surface area contributed by atoms with Crippen LogP contribution in [0.1, 0.15) is 78.6 Å². The average Bonchev–Trinajstić information content (AvgIpc) is 2.58. The van der Waals surface area contributed by atoms with Crippen molar-refractivity contribution in [3.05, 3.63) is 0 Å². The molecule has 1 spiro atoms. The third-order valence-electron chi connectivity index (χ3n) is 9.49. The third kappa shape index (κ3) is 2.13. The maximum atomic E-state index is 12.9. The van der Waals surface area contributed by atoms with Crippen molar-refractivity contribution in [1.82, 2.24) is 4.90 Å². The summed E-state index contributed by atoms with van der Waals surface area (Å²) in [6.07, 6.45) is 9.53. The number of carbonyl (C=O) groups is 2. The molecular weight excluding hydrogens is 326 g/mol. The number of rotatable bonds is 1. The van der Waals surface area contributed by atoms with E-state index in [-0.39, 0.29) is 27.8 Å². The van der Waals surface area contributed by atoms with Crippen LogP contribution in [0.3, 0.4) is 0 Å². The molecule has 4 aliphatic rings. The van der Waals surface area contributed by atoms with Crippen molar-refractivity contribution in [3.8, 4) is 0 Å². The van der Waals surface area contributed by atoms with Gasteiger partial charge in [-0.1, -0.05) is 13.3 Å². The average molecular weight is 362 g/mol. The summed E-state index contributed by atoms with van der Waals surface area (Å²) in [6, 6.07) is 0. The molecule has 3 aliphatic carbocycles. The number of likely N-dealkylation sites (tertiary alicyclic amines) is 1. The Morgan fingerprint density at radius 2 is 1.77 bits per heavy atom. The van der Waals surface area contributed by atoms with Crippen LogP contribution in [0.5, 0.6) is 0 Å². The molecule has 3 saturated carbocycles. The van der Waals surface area contributed by atoms with Gasteiger partial charge in [-0.15, -0.1) is 0 Å². The molecule has 1 aliphatic heterocycles. The van der Waals surface area contributed by atoms with E-state index in [1.54, 1.807) is 0 Å². The first-order valence-corrected chi connectivity index (χ1v) is 10.5. The molecule has 1 heterocycles. The van der Waals surface area contributed by atoms with E-state index >= 15 is 0 Å². The molecule has 6 atom stereocenters.